The molecule has 0 atom stereocenters. The highest BCUT2D eigenvalue weighted by Crippen LogP contribution is 2.38. The second-order valence-corrected chi connectivity index (χ2v) is 8.69. The molecule has 0 amide bonds. The van der Waals surface area contributed by atoms with E-state index in [1.54, 1.807) is 12.4 Å². The van der Waals surface area contributed by atoms with Gasteiger partial charge in [0.25, 0.3) is 6.71 Å². The first-order valence-electron chi connectivity index (χ1n) is 11.3. The molecular formula is C28H16BN3O2. The van der Waals surface area contributed by atoms with Crippen molar-refractivity contribution in [2.45, 2.75) is 0 Å². The third kappa shape index (κ3) is 2.29. The number of fused-ring (bicyclic) bond motifs is 7. The van der Waals surface area contributed by atoms with Crippen molar-refractivity contribution in [3.63, 3.8) is 0 Å². The molecule has 3 aromatic heterocycles. The van der Waals surface area contributed by atoms with Crippen LogP contribution in [0.25, 0.3) is 27.5 Å². The van der Waals surface area contributed by atoms with Crippen molar-refractivity contribution in [3.8, 4) is 28.7 Å². The summed E-state index contributed by atoms with van der Waals surface area (Å²) in [5.74, 6) is 3.23. The average molecular weight is 437 g/mol. The van der Waals surface area contributed by atoms with Crippen LogP contribution in [0.4, 0.5) is 0 Å². The molecule has 0 aliphatic carbocycles. The highest BCUT2D eigenvalue weighted by Gasteiger charge is 2.41. The van der Waals surface area contributed by atoms with Gasteiger partial charge in [-0.3, -0.25) is 9.97 Å². The molecule has 0 radical (unpaired) electrons. The SMILES string of the molecule is c1ccc2c(c1)c1ccccc1n2-c1cc2c3c(c1)Oc1ccncc1B3c1cnccc1O2. The van der Waals surface area contributed by atoms with E-state index in [0.717, 1.165) is 56.1 Å². The van der Waals surface area contributed by atoms with E-state index in [0.29, 0.717) is 0 Å². The Morgan fingerprint density at radius 1 is 0.618 bits per heavy atom. The maximum Gasteiger partial charge on any atom is 0.264 e. The lowest BCUT2D eigenvalue weighted by Crippen LogP contribution is -2.57. The van der Waals surface area contributed by atoms with Crippen LogP contribution >= 0.6 is 0 Å². The van der Waals surface area contributed by atoms with Crippen LogP contribution in [0.3, 0.4) is 0 Å². The molecule has 0 bridgehead atoms. The van der Waals surface area contributed by atoms with E-state index in [9.17, 15) is 0 Å². The summed E-state index contributed by atoms with van der Waals surface area (Å²) in [5.41, 5.74) is 6.36. The number of hydrogen-bond donors (Lipinski definition) is 0. The Kier molecular flexibility index (Phi) is 3.42. The fraction of sp³-hybridized carbons (Fsp3) is 0. The minimum absolute atomic E-state index is 0.0351. The predicted molar refractivity (Wildman–Crippen MR) is 134 cm³/mol. The molecule has 0 unspecified atom stereocenters. The van der Waals surface area contributed by atoms with Gasteiger partial charge >= 0.3 is 0 Å². The van der Waals surface area contributed by atoms with Gasteiger partial charge in [-0.05, 0) is 35.2 Å². The number of aromatic nitrogens is 3. The minimum Gasteiger partial charge on any atom is -0.458 e. The summed E-state index contributed by atoms with van der Waals surface area (Å²) < 4.78 is 15.2. The van der Waals surface area contributed by atoms with E-state index >= 15 is 0 Å². The van der Waals surface area contributed by atoms with E-state index in [1.807, 2.05) is 24.5 Å². The van der Waals surface area contributed by atoms with Crippen LogP contribution in [-0.2, 0) is 0 Å². The monoisotopic (exact) mass is 437 g/mol. The van der Waals surface area contributed by atoms with Gasteiger partial charge in [0.2, 0.25) is 0 Å². The summed E-state index contributed by atoms with van der Waals surface area (Å²) in [5, 5.41) is 2.44. The van der Waals surface area contributed by atoms with Crippen molar-refractivity contribution in [2.24, 2.45) is 0 Å². The number of pyridine rings is 2. The Hall–Kier alpha value is -4.58. The molecule has 3 aromatic carbocycles. The smallest absolute Gasteiger partial charge is 0.264 e. The molecule has 6 aromatic rings. The van der Waals surface area contributed by atoms with Gasteiger partial charge in [0.15, 0.2) is 0 Å². The van der Waals surface area contributed by atoms with Crippen LogP contribution in [0.2, 0.25) is 0 Å². The lowest BCUT2D eigenvalue weighted by atomic mass is 9.35. The van der Waals surface area contributed by atoms with Crippen molar-refractivity contribution in [3.05, 3.63) is 97.6 Å². The summed E-state index contributed by atoms with van der Waals surface area (Å²) in [6.45, 7) is -0.0351. The van der Waals surface area contributed by atoms with Crippen molar-refractivity contribution in [1.82, 2.24) is 14.5 Å². The molecule has 158 valence electrons. The van der Waals surface area contributed by atoms with Gasteiger partial charge in [-0.2, -0.15) is 0 Å². The molecule has 0 fully saturated rings. The second kappa shape index (κ2) is 6.48. The summed E-state index contributed by atoms with van der Waals surface area (Å²) in [6.07, 6.45) is 7.31. The molecule has 0 saturated heterocycles. The highest BCUT2D eigenvalue weighted by molar-refractivity contribution is 6.98. The van der Waals surface area contributed by atoms with Gasteiger partial charge in [0.1, 0.15) is 23.0 Å². The zero-order chi connectivity index (χ0) is 22.2. The van der Waals surface area contributed by atoms with Gasteiger partial charge in [-0.15, -0.1) is 0 Å². The summed E-state index contributed by atoms with van der Waals surface area (Å²) in [6, 6.07) is 25.1. The van der Waals surface area contributed by atoms with Gasteiger partial charge in [-0.1, -0.05) is 36.4 Å². The van der Waals surface area contributed by atoms with E-state index < -0.39 is 0 Å². The standard InChI is InChI=1S/C28H16BN3O2/c1-3-7-22-18(5-1)19-6-2-4-8-23(19)32(22)17-13-26-28-27(14-17)34-25-10-12-31-16-21(25)29(28)20-15-30-11-9-24(20)33-26/h1-16H. The van der Waals surface area contributed by atoms with Gasteiger partial charge in [0, 0.05) is 53.2 Å². The Balaban J connectivity index is 1.45. The van der Waals surface area contributed by atoms with Crippen molar-refractivity contribution in [1.29, 1.82) is 0 Å². The zero-order valence-electron chi connectivity index (χ0n) is 18.0. The number of para-hydroxylation sites is 2. The number of hydrogen-bond acceptors (Lipinski definition) is 4. The number of nitrogens with zero attached hydrogens (tertiary/aromatic N) is 3. The third-order valence-corrected chi connectivity index (χ3v) is 6.90. The Labute approximate surface area is 195 Å². The fourth-order valence-corrected chi connectivity index (χ4v) is 5.49. The zero-order valence-corrected chi connectivity index (χ0v) is 18.0. The highest BCUT2D eigenvalue weighted by atomic mass is 16.5. The van der Waals surface area contributed by atoms with E-state index in [4.69, 9.17) is 9.47 Å². The van der Waals surface area contributed by atoms with Crippen LogP contribution in [0.1, 0.15) is 0 Å². The molecule has 5 nitrogen and oxygen atoms in total. The molecule has 5 heterocycles. The molecule has 6 heteroatoms. The summed E-state index contributed by atoms with van der Waals surface area (Å²) in [4.78, 5) is 8.75. The maximum atomic E-state index is 6.45. The maximum absolute atomic E-state index is 6.45. The lowest BCUT2D eigenvalue weighted by Gasteiger charge is -2.32. The molecule has 2 aliphatic rings. The van der Waals surface area contributed by atoms with Crippen molar-refractivity contribution in [2.75, 3.05) is 0 Å². The predicted octanol–water partition coefficient (Wildman–Crippen LogP) is 4.30. The van der Waals surface area contributed by atoms with Crippen LogP contribution in [0.15, 0.2) is 97.6 Å². The van der Waals surface area contributed by atoms with Gasteiger partial charge < -0.3 is 14.0 Å². The average Bonchev–Trinajstić information content (AvgIpc) is 3.23. The van der Waals surface area contributed by atoms with E-state index in [2.05, 4.69) is 75.2 Å². The molecule has 34 heavy (non-hydrogen) atoms. The normalized spacial score (nSPS) is 13.1. The fourth-order valence-electron chi connectivity index (χ4n) is 5.49. The minimum atomic E-state index is -0.0351. The lowest BCUT2D eigenvalue weighted by molar-refractivity contribution is 0.463. The second-order valence-electron chi connectivity index (χ2n) is 8.69. The molecule has 0 spiro atoms. The molecular weight excluding hydrogens is 421 g/mol. The number of benzene rings is 3. The van der Waals surface area contributed by atoms with Gasteiger partial charge in [-0.25, -0.2) is 0 Å². The quantitative estimate of drug-likeness (QED) is 0.360. The molecule has 2 aliphatic heterocycles. The Morgan fingerprint density at radius 2 is 1.15 bits per heavy atom. The van der Waals surface area contributed by atoms with Crippen molar-refractivity contribution >= 4 is 44.9 Å². The van der Waals surface area contributed by atoms with Crippen LogP contribution < -0.4 is 25.9 Å². The molecule has 8 rings (SSSR count). The first-order valence-corrected chi connectivity index (χ1v) is 11.3. The van der Waals surface area contributed by atoms with E-state index in [-0.39, 0.29) is 6.71 Å². The Morgan fingerprint density at radius 3 is 1.71 bits per heavy atom. The van der Waals surface area contributed by atoms with Crippen LogP contribution in [0, 0.1) is 0 Å². The number of ether oxygens (including phenoxy) is 2. The topological polar surface area (TPSA) is 49.2 Å². The summed E-state index contributed by atoms with van der Waals surface area (Å²) in [7, 11) is 0. The molecule has 0 N–H and O–H groups in total. The van der Waals surface area contributed by atoms with Gasteiger partial charge in [0.05, 0.1) is 16.7 Å². The number of rotatable bonds is 1. The van der Waals surface area contributed by atoms with Crippen molar-refractivity contribution < 1.29 is 9.47 Å². The Bertz CT molecular complexity index is 1670. The van der Waals surface area contributed by atoms with Crippen LogP contribution in [0.5, 0.6) is 23.0 Å². The summed E-state index contributed by atoms with van der Waals surface area (Å²) >= 11 is 0. The molecule has 0 saturated carbocycles. The van der Waals surface area contributed by atoms with E-state index in [1.165, 1.54) is 10.8 Å². The largest absolute Gasteiger partial charge is 0.458 e. The van der Waals surface area contributed by atoms with Crippen LogP contribution in [-0.4, -0.2) is 21.2 Å². The first kappa shape index (κ1) is 17.9. The third-order valence-electron chi connectivity index (χ3n) is 6.90. The first-order chi connectivity index (χ1) is 16.9.